The van der Waals surface area contributed by atoms with Gasteiger partial charge in [0, 0.05) is 25.7 Å². The van der Waals surface area contributed by atoms with E-state index in [1.165, 1.54) is 96.3 Å². The third-order valence-electron chi connectivity index (χ3n) is 14.1. The Hall–Kier alpha value is -1.94. The average molecular weight is 1170 g/mol. The zero-order valence-electron chi connectivity index (χ0n) is 50.7. The van der Waals surface area contributed by atoms with Crippen molar-refractivity contribution in [3.8, 4) is 0 Å². The summed E-state index contributed by atoms with van der Waals surface area (Å²) in [6.45, 7) is 9.33. The van der Waals surface area contributed by atoms with Crippen molar-refractivity contribution in [2.75, 3.05) is 39.6 Å². The molecule has 0 aromatic heterocycles. The first-order valence-corrected chi connectivity index (χ1v) is 34.5. The minimum Gasteiger partial charge on any atom is -0.462 e. The van der Waals surface area contributed by atoms with Crippen LogP contribution in [-0.2, 0) is 65.4 Å². The molecule has 0 aromatic rings. The van der Waals surface area contributed by atoms with Crippen LogP contribution in [-0.4, -0.2) is 96.7 Å². The summed E-state index contributed by atoms with van der Waals surface area (Å²) < 4.78 is 67.7. The fourth-order valence-corrected chi connectivity index (χ4v) is 10.4. The van der Waals surface area contributed by atoms with Crippen molar-refractivity contribution in [3.05, 3.63) is 0 Å². The summed E-state index contributed by atoms with van der Waals surface area (Å²) in [6.07, 6.45) is 33.6. The van der Waals surface area contributed by atoms with E-state index in [-0.39, 0.29) is 25.7 Å². The predicted octanol–water partition coefficient (Wildman–Crippen LogP) is 16.1. The van der Waals surface area contributed by atoms with Crippen LogP contribution in [0.5, 0.6) is 0 Å². The lowest BCUT2D eigenvalue weighted by atomic mass is 10.00. The summed E-state index contributed by atoms with van der Waals surface area (Å²) >= 11 is 0. The molecule has 0 heterocycles. The van der Waals surface area contributed by atoms with Gasteiger partial charge in [-0.1, -0.05) is 241 Å². The van der Waals surface area contributed by atoms with Gasteiger partial charge in [0.25, 0.3) is 0 Å². The molecular weight excluding hydrogens is 1050 g/mol. The molecule has 0 saturated carbocycles. The zero-order valence-corrected chi connectivity index (χ0v) is 52.4. The van der Waals surface area contributed by atoms with E-state index < -0.39 is 97.5 Å². The Morgan fingerprint density at radius 1 is 0.367 bits per heavy atom. The van der Waals surface area contributed by atoms with Gasteiger partial charge in [0.2, 0.25) is 0 Å². The van der Waals surface area contributed by atoms with Crippen molar-refractivity contribution in [2.24, 2.45) is 11.8 Å². The number of unbranched alkanes of at least 4 members (excludes halogenated alkanes) is 28. The summed E-state index contributed by atoms with van der Waals surface area (Å²) in [5.41, 5.74) is 0. The SMILES string of the molecule is CCCCCCCCCCCCCC(=O)O[C@H](COC(=O)CCCCCCCCCC(C)C)COP(=O)(O)OC[C@@H](O)COP(=O)(O)OC[C@@H](COC(=O)CCCCCCCCCC)OC(=O)CCCCCCCCC(C)CC. The molecule has 3 N–H and O–H groups in total. The molecule has 0 bridgehead atoms. The van der Waals surface area contributed by atoms with Crippen LogP contribution in [0.4, 0.5) is 0 Å². The summed E-state index contributed by atoms with van der Waals surface area (Å²) in [7, 11) is -9.88. The molecule has 0 saturated heterocycles. The summed E-state index contributed by atoms with van der Waals surface area (Å²) in [6, 6.07) is 0. The van der Waals surface area contributed by atoms with Crippen molar-refractivity contribution in [3.63, 3.8) is 0 Å². The Balaban J connectivity index is 5.24. The molecular formula is C60H116O17P2. The molecule has 19 heteroatoms. The van der Waals surface area contributed by atoms with E-state index in [1.54, 1.807) is 0 Å². The number of rotatable bonds is 59. The number of hydrogen-bond acceptors (Lipinski definition) is 15. The number of carbonyl (C=O) groups excluding carboxylic acids is 4. The molecule has 0 rings (SSSR count). The second kappa shape index (κ2) is 52.8. The molecule has 468 valence electrons. The van der Waals surface area contributed by atoms with E-state index in [9.17, 15) is 43.2 Å². The van der Waals surface area contributed by atoms with Gasteiger partial charge in [0.05, 0.1) is 26.4 Å². The Morgan fingerprint density at radius 3 is 0.962 bits per heavy atom. The average Bonchev–Trinajstić information content (AvgIpc) is 3.41. The van der Waals surface area contributed by atoms with E-state index in [0.29, 0.717) is 31.6 Å². The Morgan fingerprint density at radius 2 is 0.646 bits per heavy atom. The van der Waals surface area contributed by atoms with Crippen LogP contribution in [0.1, 0.15) is 292 Å². The van der Waals surface area contributed by atoms with Crippen molar-refractivity contribution in [1.29, 1.82) is 0 Å². The number of phosphoric ester groups is 2. The maximum atomic E-state index is 12.9. The monoisotopic (exact) mass is 1170 g/mol. The molecule has 0 radical (unpaired) electrons. The lowest BCUT2D eigenvalue weighted by molar-refractivity contribution is -0.161. The Kier molecular flexibility index (Phi) is 51.5. The van der Waals surface area contributed by atoms with E-state index in [1.807, 2.05) is 0 Å². The lowest BCUT2D eigenvalue weighted by Crippen LogP contribution is -2.30. The fourth-order valence-electron chi connectivity index (χ4n) is 8.79. The first-order chi connectivity index (χ1) is 37.9. The van der Waals surface area contributed by atoms with Crippen LogP contribution in [0.3, 0.4) is 0 Å². The van der Waals surface area contributed by atoms with E-state index in [4.69, 9.17) is 37.0 Å². The van der Waals surface area contributed by atoms with Gasteiger partial charge in [0.1, 0.15) is 19.3 Å². The van der Waals surface area contributed by atoms with Crippen LogP contribution in [0.15, 0.2) is 0 Å². The maximum absolute atomic E-state index is 12.9. The molecule has 0 aliphatic rings. The van der Waals surface area contributed by atoms with Crippen molar-refractivity contribution in [2.45, 2.75) is 310 Å². The molecule has 0 aromatic carbocycles. The second-order valence-corrected chi connectivity index (χ2v) is 25.4. The zero-order chi connectivity index (χ0) is 58.7. The number of ether oxygens (including phenoxy) is 4. The Bertz CT molecular complexity index is 1570. The molecule has 3 unspecified atom stereocenters. The van der Waals surface area contributed by atoms with E-state index in [0.717, 1.165) is 109 Å². The molecule has 6 atom stereocenters. The van der Waals surface area contributed by atoms with Gasteiger partial charge in [-0.25, -0.2) is 9.13 Å². The predicted molar refractivity (Wildman–Crippen MR) is 312 cm³/mol. The number of esters is 4. The van der Waals surface area contributed by atoms with E-state index in [2.05, 4.69) is 41.5 Å². The quantitative estimate of drug-likeness (QED) is 0.0222. The summed E-state index contributed by atoms with van der Waals surface area (Å²) in [5, 5.41) is 10.5. The van der Waals surface area contributed by atoms with Gasteiger partial charge >= 0.3 is 39.5 Å². The topological polar surface area (TPSA) is 237 Å². The third-order valence-corrected chi connectivity index (χ3v) is 16.0. The maximum Gasteiger partial charge on any atom is 0.472 e. The highest BCUT2D eigenvalue weighted by molar-refractivity contribution is 7.47. The normalized spacial score (nSPS) is 14.8. The second-order valence-electron chi connectivity index (χ2n) is 22.5. The number of phosphoric acid groups is 2. The van der Waals surface area contributed by atoms with Gasteiger partial charge in [-0.3, -0.25) is 37.3 Å². The van der Waals surface area contributed by atoms with Gasteiger partial charge in [-0.2, -0.15) is 0 Å². The minimum atomic E-state index is -4.94. The van der Waals surface area contributed by atoms with Crippen LogP contribution in [0.25, 0.3) is 0 Å². The van der Waals surface area contributed by atoms with Gasteiger partial charge in [0.15, 0.2) is 12.2 Å². The highest BCUT2D eigenvalue weighted by Crippen LogP contribution is 2.45. The molecule has 79 heavy (non-hydrogen) atoms. The van der Waals surface area contributed by atoms with Crippen molar-refractivity contribution < 1.29 is 80.2 Å². The lowest BCUT2D eigenvalue weighted by Gasteiger charge is -2.21. The summed E-state index contributed by atoms with van der Waals surface area (Å²) in [4.78, 5) is 71.9. The van der Waals surface area contributed by atoms with Crippen LogP contribution in [0, 0.1) is 11.8 Å². The molecule has 0 spiro atoms. The fraction of sp³-hybridized carbons (Fsp3) is 0.933. The molecule has 0 aliphatic carbocycles. The smallest absolute Gasteiger partial charge is 0.462 e. The standard InChI is InChI=1S/C60H116O17P2/c1-7-10-12-14-16-18-19-20-24-32-38-44-59(64)76-55(48-71-58(63)43-37-31-25-21-22-28-34-40-52(4)5)50-74-78(66,67)72-46-54(61)47-73-79(68,69)75-51-56(49-70-57(62)42-36-30-23-17-15-13-11-8-2)77-60(65)45-39-33-27-26-29-35-41-53(6)9-3/h52-56,61H,7-51H2,1-6H3,(H,66,67)(H,68,69)/t53?,54-,55-,56-/m1/s1. The van der Waals surface area contributed by atoms with Gasteiger partial charge in [-0.15, -0.1) is 0 Å². The van der Waals surface area contributed by atoms with Gasteiger partial charge in [-0.05, 0) is 37.5 Å². The van der Waals surface area contributed by atoms with Crippen LogP contribution in [0.2, 0.25) is 0 Å². The highest BCUT2D eigenvalue weighted by Gasteiger charge is 2.30. The van der Waals surface area contributed by atoms with Crippen LogP contribution >= 0.6 is 15.6 Å². The van der Waals surface area contributed by atoms with Gasteiger partial charge < -0.3 is 33.8 Å². The van der Waals surface area contributed by atoms with E-state index >= 15 is 0 Å². The van der Waals surface area contributed by atoms with Crippen molar-refractivity contribution >= 4 is 39.5 Å². The first-order valence-electron chi connectivity index (χ1n) is 31.5. The molecule has 0 aliphatic heterocycles. The molecule has 0 amide bonds. The number of hydrogen-bond donors (Lipinski definition) is 3. The minimum absolute atomic E-state index is 0.102. The number of aliphatic hydroxyl groups is 1. The third kappa shape index (κ3) is 53.8. The van der Waals surface area contributed by atoms with Crippen molar-refractivity contribution in [1.82, 2.24) is 0 Å². The number of carbonyl (C=O) groups is 4. The molecule has 0 fully saturated rings. The Labute approximate surface area is 479 Å². The summed E-state index contributed by atoms with van der Waals surface area (Å²) in [5.74, 6) is -0.719. The first kappa shape index (κ1) is 77.1. The highest BCUT2D eigenvalue weighted by atomic mass is 31.2. The molecule has 17 nitrogen and oxygen atoms in total. The number of aliphatic hydroxyl groups excluding tert-OH is 1. The van der Waals surface area contributed by atoms with Crippen LogP contribution < -0.4 is 0 Å². The largest absolute Gasteiger partial charge is 0.472 e.